The van der Waals surface area contributed by atoms with Gasteiger partial charge in [-0.1, -0.05) is 6.07 Å². The first-order valence-corrected chi connectivity index (χ1v) is 7.94. The van der Waals surface area contributed by atoms with Gasteiger partial charge in [0.05, 0.1) is 5.51 Å². The molecule has 0 saturated carbocycles. The topological polar surface area (TPSA) is 32.3 Å². The Morgan fingerprint density at radius 1 is 1.35 bits per heavy atom. The van der Waals surface area contributed by atoms with Crippen molar-refractivity contribution < 1.29 is 0 Å². The van der Waals surface area contributed by atoms with Crippen LogP contribution in [0.2, 0.25) is 0 Å². The third kappa shape index (κ3) is 3.16. The summed E-state index contributed by atoms with van der Waals surface area (Å²) in [6.45, 7) is 3.35. The Morgan fingerprint density at radius 3 is 2.85 bits per heavy atom. The van der Waals surface area contributed by atoms with Gasteiger partial charge in [0.15, 0.2) is 0 Å². The minimum Gasteiger partial charge on any atom is -0.357 e. The van der Waals surface area contributed by atoms with Crippen molar-refractivity contribution in [3.05, 3.63) is 41.0 Å². The molecule has 0 amide bonds. The number of nitrogens with zero attached hydrogens (tertiary/aromatic N) is 4. The van der Waals surface area contributed by atoms with Gasteiger partial charge in [-0.05, 0) is 25.0 Å². The summed E-state index contributed by atoms with van der Waals surface area (Å²) in [5.41, 5.74) is 1.91. The zero-order valence-corrected chi connectivity index (χ0v) is 12.6. The molecule has 20 heavy (non-hydrogen) atoms. The number of rotatable bonds is 4. The van der Waals surface area contributed by atoms with E-state index in [1.54, 1.807) is 11.3 Å². The molecule has 4 nitrogen and oxygen atoms in total. The highest BCUT2D eigenvalue weighted by molar-refractivity contribution is 7.09. The van der Waals surface area contributed by atoms with Crippen molar-refractivity contribution in [1.82, 2.24) is 14.9 Å². The van der Waals surface area contributed by atoms with Crippen LogP contribution in [-0.2, 0) is 6.54 Å². The largest absolute Gasteiger partial charge is 0.357 e. The molecule has 1 saturated heterocycles. The Balaban J connectivity index is 1.53. The van der Waals surface area contributed by atoms with Gasteiger partial charge in [0.1, 0.15) is 5.82 Å². The van der Waals surface area contributed by atoms with E-state index in [0.29, 0.717) is 6.04 Å². The smallest absolute Gasteiger partial charge is 0.128 e. The van der Waals surface area contributed by atoms with E-state index < -0.39 is 0 Å². The third-order valence-corrected chi connectivity index (χ3v) is 4.74. The van der Waals surface area contributed by atoms with Crippen LogP contribution in [0.1, 0.15) is 17.7 Å². The lowest BCUT2D eigenvalue weighted by molar-refractivity contribution is 0.204. The summed E-state index contributed by atoms with van der Waals surface area (Å²) in [6, 6.07) is 6.71. The van der Waals surface area contributed by atoms with Crippen LogP contribution in [0.4, 0.5) is 5.82 Å². The van der Waals surface area contributed by atoms with Crippen LogP contribution in [0.5, 0.6) is 0 Å². The Morgan fingerprint density at radius 2 is 2.20 bits per heavy atom. The van der Waals surface area contributed by atoms with E-state index in [9.17, 15) is 0 Å². The summed E-state index contributed by atoms with van der Waals surface area (Å²) in [5, 5.41) is 0. The second kappa shape index (κ2) is 6.33. The molecule has 0 aliphatic carbocycles. The SMILES string of the molecule is CN(c1ccccn1)C1CCN(Cc2cncs2)CC1. The van der Waals surface area contributed by atoms with Gasteiger partial charge in [-0.3, -0.25) is 9.88 Å². The summed E-state index contributed by atoms with van der Waals surface area (Å²) in [4.78, 5) is 14.8. The number of pyridine rings is 1. The van der Waals surface area contributed by atoms with Crippen molar-refractivity contribution in [3.63, 3.8) is 0 Å². The molecule has 0 aromatic carbocycles. The Kier molecular flexibility index (Phi) is 4.28. The Hall–Kier alpha value is -1.46. The summed E-state index contributed by atoms with van der Waals surface area (Å²) in [6.07, 6.45) is 6.25. The molecule has 3 heterocycles. The molecule has 1 fully saturated rings. The number of aromatic nitrogens is 2. The highest BCUT2D eigenvalue weighted by atomic mass is 32.1. The fourth-order valence-corrected chi connectivity index (χ4v) is 3.39. The number of anilines is 1. The maximum atomic E-state index is 4.44. The van der Waals surface area contributed by atoms with Crippen LogP contribution in [0, 0.1) is 0 Å². The van der Waals surface area contributed by atoms with Crippen molar-refractivity contribution in [2.75, 3.05) is 25.0 Å². The summed E-state index contributed by atoms with van der Waals surface area (Å²) in [7, 11) is 2.16. The van der Waals surface area contributed by atoms with Crippen molar-refractivity contribution in [3.8, 4) is 0 Å². The standard InChI is InChI=1S/C15H20N4S/c1-18(15-4-2-3-7-17-15)13-5-8-19(9-6-13)11-14-10-16-12-20-14/h2-4,7,10,12-13H,5-6,8-9,11H2,1H3. The molecule has 0 spiro atoms. The molecule has 0 N–H and O–H groups in total. The molecule has 0 bridgehead atoms. The van der Waals surface area contributed by atoms with Gasteiger partial charge in [0, 0.05) is 50.0 Å². The highest BCUT2D eigenvalue weighted by Gasteiger charge is 2.23. The Labute approximate surface area is 124 Å². The molecule has 1 aliphatic heterocycles. The summed E-state index contributed by atoms with van der Waals surface area (Å²) in [5.74, 6) is 1.08. The average Bonchev–Trinajstić information content (AvgIpc) is 3.01. The van der Waals surface area contributed by atoms with Crippen molar-refractivity contribution >= 4 is 17.2 Å². The van der Waals surface area contributed by atoms with E-state index in [2.05, 4.69) is 38.9 Å². The van der Waals surface area contributed by atoms with Gasteiger partial charge in [-0.25, -0.2) is 4.98 Å². The van der Waals surface area contributed by atoms with Crippen molar-refractivity contribution in [2.24, 2.45) is 0 Å². The molecule has 0 unspecified atom stereocenters. The first kappa shape index (κ1) is 13.5. The molecule has 0 atom stereocenters. The quantitative estimate of drug-likeness (QED) is 0.866. The van der Waals surface area contributed by atoms with Gasteiger partial charge in [-0.15, -0.1) is 11.3 Å². The number of piperidine rings is 1. The molecule has 2 aromatic rings. The number of hydrogen-bond donors (Lipinski definition) is 0. The van der Waals surface area contributed by atoms with Gasteiger partial charge in [0.25, 0.3) is 0 Å². The van der Waals surface area contributed by atoms with E-state index >= 15 is 0 Å². The zero-order chi connectivity index (χ0) is 13.8. The van der Waals surface area contributed by atoms with E-state index in [1.807, 2.05) is 24.0 Å². The lowest BCUT2D eigenvalue weighted by atomic mass is 10.0. The number of hydrogen-bond acceptors (Lipinski definition) is 5. The van der Waals surface area contributed by atoms with Gasteiger partial charge in [0.2, 0.25) is 0 Å². The number of thiazole rings is 1. The third-order valence-electron chi connectivity index (χ3n) is 3.98. The first-order chi connectivity index (χ1) is 9.83. The molecule has 2 aromatic heterocycles. The van der Waals surface area contributed by atoms with Gasteiger partial charge in [-0.2, -0.15) is 0 Å². The van der Waals surface area contributed by atoms with Crippen LogP contribution < -0.4 is 4.90 Å². The van der Waals surface area contributed by atoms with Crippen LogP contribution in [0.25, 0.3) is 0 Å². The fourth-order valence-electron chi connectivity index (χ4n) is 2.75. The van der Waals surface area contributed by atoms with Crippen LogP contribution >= 0.6 is 11.3 Å². The maximum absolute atomic E-state index is 4.44. The second-order valence-electron chi connectivity index (χ2n) is 5.27. The maximum Gasteiger partial charge on any atom is 0.128 e. The lowest BCUT2D eigenvalue weighted by Crippen LogP contribution is -2.43. The molecule has 3 rings (SSSR count). The Bertz CT molecular complexity index is 506. The van der Waals surface area contributed by atoms with Gasteiger partial charge >= 0.3 is 0 Å². The molecule has 0 radical (unpaired) electrons. The average molecular weight is 288 g/mol. The van der Waals surface area contributed by atoms with Crippen LogP contribution in [-0.4, -0.2) is 41.0 Å². The predicted molar refractivity (Wildman–Crippen MR) is 83.1 cm³/mol. The van der Waals surface area contributed by atoms with E-state index in [4.69, 9.17) is 0 Å². The van der Waals surface area contributed by atoms with Crippen LogP contribution in [0.15, 0.2) is 36.1 Å². The molecule has 5 heteroatoms. The molecule has 1 aliphatic rings. The minimum absolute atomic E-state index is 0.600. The van der Waals surface area contributed by atoms with Crippen molar-refractivity contribution in [1.29, 1.82) is 0 Å². The normalized spacial score (nSPS) is 17.2. The van der Waals surface area contributed by atoms with Crippen molar-refractivity contribution in [2.45, 2.75) is 25.4 Å². The lowest BCUT2D eigenvalue weighted by Gasteiger charge is -2.37. The predicted octanol–water partition coefficient (Wildman–Crippen LogP) is 2.64. The summed E-state index contributed by atoms with van der Waals surface area (Å²) >= 11 is 1.75. The van der Waals surface area contributed by atoms with E-state index in [0.717, 1.165) is 25.5 Å². The highest BCUT2D eigenvalue weighted by Crippen LogP contribution is 2.21. The molecule has 106 valence electrons. The van der Waals surface area contributed by atoms with E-state index in [1.165, 1.54) is 17.7 Å². The summed E-state index contributed by atoms with van der Waals surface area (Å²) < 4.78 is 0. The zero-order valence-electron chi connectivity index (χ0n) is 11.8. The second-order valence-corrected chi connectivity index (χ2v) is 6.24. The molecular formula is C15H20N4S. The minimum atomic E-state index is 0.600. The monoisotopic (exact) mass is 288 g/mol. The fraction of sp³-hybridized carbons (Fsp3) is 0.467. The molecular weight excluding hydrogens is 268 g/mol. The van der Waals surface area contributed by atoms with Crippen LogP contribution in [0.3, 0.4) is 0 Å². The van der Waals surface area contributed by atoms with Gasteiger partial charge < -0.3 is 4.90 Å². The van der Waals surface area contributed by atoms with E-state index in [-0.39, 0.29) is 0 Å². The number of likely N-dealkylation sites (tertiary alicyclic amines) is 1. The first-order valence-electron chi connectivity index (χ1n) is 7.06.